The molecule has 2 aromatic rings. The Morgan fingerprint density at radius 2 is 2.20 bits per heavy atom. The number of carboxylic acid groups (broad SMARTS) is 1. The van der Waals surface area contributed by atoms with Crippen molar-refractivity contribution in [1.29, 1.82) is 5.26 Å². The van der Waals surface area contributed by atoms with Crippen molar-refractivity contribution in [2.24, 2.45) is 0 Å². The second kappa shape index (κ2) is 6.17. The number of nitrogens with zero attached hydrogens (tertiary/aromatic N) is 2. The number of carbonyl (C=O) groups is 1. The molecule has 0 fully saturated rings. The summed E-state index contributed by atoms with van der Waals surface area (Å²) in [7, 11) is 0. The predicted octanol–water partition coefficient (Wildman–Crippen LogP) is 2.99. The van der Waals surface area contributed by atoms with Crippen LogP contribution in [0, 0.1) is 11.3 Å². The van der Waals surface area contributed by atoms with Gasteiger partial charge >= 0.3 is 5.97 Å². The topological polar surface area (TPSA) is 83.2 Å². The van der Waals surface area contributed by atoms with Crippen LogP contribution in [0.4, 0.5) is 0 Å². The Labute approximate surface area is 123 Å². The van der Waals surface area contributed by atoms with Crippen LogP contribution in [0.25, 0.3) is 0 Å². The van der Waals surface area contributed by atoms with Gasteiger partial charge in [-0.15, -0.1) is 0 Å². The summed E-state index contributed by atoms with van der Waals surface area (Å²) in [5.41, 5.74) is 1.32. The van der Waals surface area contributed by atoms with Gasteiger partial charge < -0.3 is 9.84 Å². The van der Waals surface area contributed by atoms with Gasteiger partial charge in [-0.2, -0.15) is 5.26 Å². The van der Waals surface area contributed by atoms with Crippen LogP contribution in [0.5, 0.6) is 5.75 Å². The monoisotopic (exact) mass is 332 g/mol. The number of nitriles is 1. The van der Waals surface area contributed by atoms with Crippen LogP contribution in [-0.2, 0) is 6.61 Å². The van der Waals surface area contributed by atoms with Crippen LogP contribution in [0.15, 0.2) is 41.0 Å². The maximum Gasteiger partial charge on any atom is 0.335 e. The minimum atomic E-state index is -0.995. The number of hydrogen-bond acceptors (Lipinski definition) is 4. The van der Waals surface area contributed by atoms with Crippen LogP contribution in [-0.4, -0.2) is 16.1 Å². The fraction of sp³-hybridized carbons (Fsp3) is 0.0714. The molecule has 0 spiro atoms. The molecule has 0 saturated carbocycles. The number of ether oxygens (including phenoxy) is 1. The zero-order valence-corrected chi connectivity index (χ0v) is 11.8. The minimum absolute atomic E-state index is 0.180. The van der Waals surface area contributed by atoms with Crippen molar-refractivity contribution in [3.8, 4) is 11.8 Å². The van der Waals surface area contributed by atoms with Crippen molar-refractivity contribution in [3.63, 3.8) is 0 Å². The molecule has 0 amide bonds. The Morgan fingerprint density at radius 3 is 2.85 bits per heavy atom. The SMILES string of the molecule is N#Cc1cc(COc2ccc(C(=O)O)cc2Br)ccn1. The van der Waals surface area contributed by atoms with Gasteiger partial charge in [0.25, 0.3) is 0 Å². The molecular weight excluding hydrogens is 324 g/mol. The largest absolute Gasteiger partial charge is 0.488 e. The lowest BCUT2D eigenvalue weighted by Gasteiger charge is -2.09. The molecule has 1 heterocycles. The van der Waals surface area contributed by atoms with Gasteiger partial charge in [-0.3, -0.25) is 0 Å². The molecule has 6 heteroatoms. The first-order valence-corrected chi connectivity index (χ1v) is 6.40. The first kappa shape index (κ1) is 14.0. The molecule has 20 heavy (non-hydrogen) atoms. The van der Waals surface area contributed by atoms with Crippen LogP contribution >= 0.6 is 15.9 Å². The lowest BCUT2D eigenvalue weighted by Crippen LogP contribution is -2.00. The van der Waals surface area contributed by atoms with E-state index < -0.39 is 5.97 Å². The quantitative estimate of drug-likeness (QED) is 0.930. The summed E-state index contributed by atoms with van der Waals surface area (Å²) in [6, 6.07) is 9.87. The third-order valence-electron chi connectivity index (χ3n) is 2.51. The zero-order valence-electron chi connectivity index (χ0n) is 10.2. The molecule has 1 aromatic heterocycles. The van der Waals surface area contributed by atoms with Crippen molar-refractivity contribution in [1.82, 2.24) is 4.98 Å². The maximum absolute atomic E-state index is 10.8. The van der Waals surface area contributed by atoms with Crippen molar-refractivity contribution in [2.45, 2.75) is 6.61 Å². The Kier molecular flexibility index (Phi) is 4.33. The lowest BCUT2D eigenvalue weighted by atomic mass is 10.2. The minimum Gasteiger partial charge on any atom is -0.488 e. The Balaban J connectivity index is 2.11. The molecule has 0 radical (unpaired) electrons. The molecular formula is C14H9BrN2O3. The molecule has 1 aromatic carbocycles. The number of hydrogen-bond donors (Lipinski definition) is 1. The van der Waals surface area contributed by atoms with Crippen molar-refractivity contribution < 1.29 is 14.6 Å². The van der Waals surface area contributed by atoms with Gasteiger partial charge in [-0.1, -0.05) is 0 Å². The van der Waals surface area contributed by atoms with E-state index in [4.69, 9.17) is 15.1 Å². The molecule has 0 aliphatic heterocycles. The smallest absolute Gasteiger partial charge is 0.335 e. The maximum atomic E-state index is 10.8. The van der Waals surface area contributed by atoms with Gasteiger partial charge in [0.05, 0.1) is 10.0 Å². The molecule has 0 atom stereocenters. The van der Waals surface area contributed by atoms with E-state index in [2.05, 4.69) is 20.9 Å². The number of benzene rings is 1. The number of carboxylic acids is 1. The second-order valence-corrected chi connectivity index (χ2v) is 4.75. The molecule has 0 aliphatic rings. The number of aromatic carboxylic acids is 1. The lowest BCUT2D eigenvalue weighted by molar-refractivity contribution is 0.0696. The summed E-state index contributed by atoms with van der Waals surface area (Å²) < 4.78 is 6.14. The average molecular weight is 333 g/mol. The molecule has 5 nitrogen and oxygen atoms in total. The molecule has 0 bridgehead atoms. The first-order valence-electron chi connectivity index (χ1n) is 5.61. The van der Waals surface area contributed by atoms with Crippen LogP contribution in [0.2, 0.25) is 0 Å². The van der Waals surface area contributed by atoms with Gasteiger partial charge in [-0.05, 0) is 51.8 Å². The number of halogens is 1. The Morgan fingerprint density at radius 1 is 1.40 bits per heavy atom. The Bertz CT molecular complexity index is 695. The highest BCUT2D eigenvalue weighted by molar-refractivity contribution is 9.10. The summed E-state index contributed by atoms with van der Waals surface area (Å²) in [6.45, 7) is 0.266. The zero-order chi connectivity index (χ0) is 14.5. The summed E-state index contributed by atoms with van der Waals surface area (Å²) in [5, 5.41) is 17.6. The van der Waals surface area contributed by atoms with Crippen molar-refractivity contribution in [3.05, 3.63) is 57.8 Å². The van der Waals surface area contributed by atoms with E-state index in [9.17, 15) is 4.79 Å². The fourth-order valence-corrected chi connectivity index (χ4v) is 2.03. The van der Waals surface area contributed by atoms with Gasteiger partial charge in [-0.25, -0.2) is 9.78 Å². The average Bonchev–Trinajstić information content (AvgIpc) is 2.46. The fourth-order valence-electron chi connectivity index (χ4n) is 1.54. The highest BCUT2D eigenvalue weighted by Gasteiger charge is 2.08. The molecule has 0 aliphatic carbocycles. The second-order valence-electron chi connectivity index (χ2n) is 3.90. The van der Waals surface area contributed by atoms with Crippen LogP contribution < -0.4 is 4.74 Å². The third-order valence-corrected chi connectivity index (χ3v) is 3.13. The summed E-state index contributed by atoms with van der Waals surface area (Å²) in [6.07, 6.45) is 1.54. The van der Waals surface area contributed by atoms with E-state index in [-0.39, 0.29) is 12.2 Å². The third kappa shape index (κ3) is 3.33. The summed E-state index contributed by atoms with van der Waals surface area (Å²) >= 11 is 3.26. The number of rotatable bonds is 4. The number of aromatic nitrogens is 1. The van der Waals surface area contributed by atoms with E-state index in [0.717, 1.165) is 5.56 Å². The van der Waals surface area contributed by atoms with Crippen molar-refractivity contribution >= 4 is 21.9 Å². The first-order chi connectivity index (χ1) is 9.60. The number of pyridine rings is 1. The van der Waals surface area contributed by atoms with Crippen LogP contribution in [0.3, 0.4) is 0 Å². The van der Waals surface area contributed by atoms with Crippen LogP contribution in [0.1, 0.15) is 21.6 Å². The van der Waals surface area contributed by atoms with E-state index in [0.29, 0.717) is 15.9 Å². The molecule has 0 saturated heterocycles. The van der Waals surface area contributed by atoms with Crippen molar-refractivity contribution in [2.75, 3.05) is 0 Å². The van der Waals surface area contributed by atoms with E-state index >= 15 is 0 Å². The van der Waals surface area contributed by atoms with Gasteiger partial charge in [0.1, 0.15) is 24.1 Å². The normalized spacial score (nSPS) is 9.80. The van der Waals surface area contributed by atoms with Gasteiger partial charge in [0, 0.05) is 6.20 Å². The summed E-state index contributed by atoms with van der Waals surface area (Å²) in [4.78, 5) is 14.7. The highest BCUT2D eigenvalue weighted by atomic mass is 79.9. The summed E-state index contributed by atoms with van der Waals surface area (Å²) in [5.74, 6) is -0.463. The van der Waals surface area contributed by atoms with E-state index in [1.54, 1.807) is 24.4 Å². The van der Waals surface area contributed by atoms with E-state index in [1.165, 1.54) is 12.1 Å². The highest BCUT2D eigenvalue weighted by Crippen LogP contribution is 2.26. The molecule has 0 unspecified atom stereocenters. The molecule has 1 N–H and O–H groups in total. The van der Waals surface area contributed by atoms with E-state index in [1.807, 2.05) is 6.07 Å². The van der Waals surface area contributed by atoms with Gasteiger partial charge in [0.15, 0.2) is 0 Å². The van der Waals surface area contributed by atoms with Gasteiger partial charge in [0.2, 0.25) is 0 Å². The molecule has 2 rings (SSSR count). The standard InChI is InChI=1S/C14H9BrN2O3/c15-12-6-10(14(18)19)1-2-13(12)20-8-9-3-4-17-11(5-9)7-16/h1-6H,8H2,(H,18,19). The predicted molar refractivity (Wildman–Crippen MR) is 74.4 cm³/mol. The molecule has 100 valence electrons. The Hall–Kier alpha value is -2.39.